The van der Waals surface area contributed by atoms with Crippen LogP contribution in [0, 0.1) is 13.8 Å². The Balaban J connectivity index is 1.67. The number of H-pyrrole nitrogens is 1. The Morgan fingerprint density at radius 3 is 2.73 bits per heavy atom. The number of carbonyl (C=O) groups excluding carboxylic acids is 1. The molecule has 5 N–H and O–H groups in total. The third kappa shape index (κ3) is 5.28. The maximum Gasteiger partial charge on any atom is 0.272 e. The zero-order valence-corrected chi connectivity index (χ0v) is 17.7. The lowest BCUT2D eigenvalue weighted by molar-refractivity contribution is -0.120. The van der Waals surface area contributed by atoms with Gasteiger partial charge in [-0.25, -0.2) is 9.66 Å². The molecule has 0 saturated heterocycles. The Morgan fingerprint density at radius 2 is 2.03 bits per heavy atom. The van der Waals surface area contributed by atoms with Crippen LogP contribution in [-0.2, 0) is 30.8 Å². The number of nitrogens with zero attached hydrogens (tertiary/aromatic N) is 2. The first-order valence-corrected chi connectivity index (χ1v) is 9.94. The Kier molecular flexibility index (Phi) is 6.91. The SMILES string of the molecule is Cc1ncc(CNn2ccc(C)c(CC(=O)NCc3cc(Cl)ccc3CN)c2=O)[nH]1. The summed E-state index contributed by atoms with van der Waals surface area (Å²) in [6.45, 7) is 4.73. The van der Waals surface area contributed by atoms with Gasteiger partial charge in [0, 0.05) is 29.9 Å². The summed E-state index contributed by atoms with van der Waals surface area (Å²) in [5.74, 6) is 0.554. The van der Waals surface area contributed by atoms with E-state index in [0.717, 1.165) is 28.2 Å². The molecule has 0 saturated carbocycles. The summed E-state index contributed by atoms with van der Waals surface area (Å²) < 4.78 is 1.38. The number of pyridine rings is 1. The number of benzene rings is 1. The van der Waals surface area contributed by atoms with Crippen molar-refractivity contribution in [3.8, 4) is 0 Å². The first kappa shape index (κ1) is 21.6. The number of aryl methyl sites for hydroxylation is 2. The Bertz CT molecular complexity index is 1110. The molecule has 0 aliphatic carbocycles. The molecule has 0 radical (unpaired) electrons. The van der Waals surface area contributed by atoms with Gasteiger partial charge in [0.2, 0.25) is 5.91 Å². The van der Waals surface area contributed by atoms with Gasteiger partial charge in [-0.05, 0) is 48.7 Å². The van der Waals surface area contributed by atoms with E-state index in [2.05, 4.69) is 20.7 Å². The summed E-state index contributed by atoms with van der Waals surface area (Å²) in [5.41, 5.74) is 12.4. The van der Waals surface area contributed by atoms with Gasteiger partial charge in [0.25, 0.3) is 5.56 Å². The highest BCUT2D eigenvalue weighted by Gasteiger charge is 2.13. The summed E-state index contributed by atoms with van der Waals surface area (Å²) in [7, 11) is 0. The van der Waals surface area contributed by atoms with Gasteiger partial charge in [-0.3, -0.25) is 9.59 Å². The highest BCUT2D eigenvalue weighted by molar-refractivity contribution is 6.30. The third-order valence-corrected chi connectivity index (χ3v) is 5.06. The van der Waals surface area contributed by atoms with Crippen LogP contribution in [0.25, 0.3) is 0 Å². The van der Waals surface area contributed by atoms with Crippen LogP contribution in [0.3, 0.4) is 0 Å². The summed E-state index contributed by atoms with van der Waals surface area (Å²) >= 11 is 6.04. The molecule has 0 fully saturated rings. The Hall–Kier alpha value is -3.10. The van der Waals surface area contributed by atoms with Crippen molar-refractivity contribution in [2.75, 3.05) is 5.43 Å². The fourth-order valence-corrected chi connectivity index (χ4v) is 3.31. The van der Waals surface area contributed by atoms with E-state index in [1.165, 1.54) is 4.68 Å². The average Bonchev–Trinajstić information content (AvgIpc) is 3.14. The standard InChI is InChI=1S/C21H25ClN6O2/c1-13-5-6-28(26-12-18-11-24-14(2)27-18)21(30)19(13)8-20(29)25-10-16-7-17(22)4-3-15(16)9-23/h3-7,11,26H,8-10,12,23H2,1-2H3,(H,24,27)(H,25,29). The predicted molar refractivity (Wildman–Crippen MR) is 117 cm³/mol. The molecule has 0 bridgehead atoms. The first-order valence-electron chi connectivity index (χ1n) is 9.57. The second-order valence-corrected chi connectivity index (χ2v) is 7.49. The van der Waals surface area contributed by atoms with Gasteiger partial charge in [-0.1, -0.05) is 17.7 Å². The summed E-state index contributed by atoms with van der Waals surface area (Å²) in [4.78, 5) is 32.6. The molecule has 0 spiro atoms. The second-order valence-electron chi connectivity index (χ2n) is 7.05. The fourth-order valence-electron chi connectivity index (χ4n) is 3.12. The number of halogens is 1. The van der Waals surface area contributed by atoms with Crippen LogP contribution in [0.15, 0.2) is 41.5 Å². The van der Waals surface area contributed by atoms with Crippen LogP contribution >= 0.6 is 11.6 Å². The van der Waals surface area contributed by atoms with Crippen molar-refractivity contribution in [2.45, 2.75) is 39.9 Å². The van der Waals surface area contributed by atoms with Gasteiger partial charge in [-0.15, -0.1) is 0 Å². The lowest BCUT2D eigenvalue weighted by Gasteiger charge is -2.13. The molecule has 8 nitrogen and oxygen atoms in total. The molecule has 9 heteroatoms. The summed E-state index contributed by atoms with van der Waals surface area (Å²) in [5, 5.41) is 3.43. The zero-order valence-electron chi connectivity index (χ0n) is 17.0. The number of hydrogen-bond acceptors (Lipinski definition) is 5. The van der Waals surface area contributed by atoms with E-state index in [0.29, 0.717) is 30.2 Å². The highest BCUT2D eigenvalue weighted by Crippen LogP contribution is 2.16. The molecule has 3 rings (SSSR count). The number of aromatic nitrogens is 3. The number of hydrogen-bond donors (Lipinski definition) is 4. The predicted octanol–water partition coefficient (Wildman–Crippen LogP) is 1.90. The summed E-state index contributed by atoms with van der Waals surface area (Å²) in [6, 6.07) is 7.20. The molecule has 2 heterocycles. The molecule has 0 aliphatic heterocycles. The van der Waals surface area contributed by atoms with Crippen LogP contribution in [0.4, 0.5) is 0 Å². The molecular weight excluding hydrogens is 404 g/mol. The van der Waals surface area contributed by atoms with Gasteiger partial charge in [0.1, 0.15) is 5.82 Å². The topological polar surface area (TPSA) is 118 Å². The summed E-state index contributed by atoms with van der Waals surface area (Å²) in [6.07, 6.45) is 3.35. The minimum Gasteiger partial charge on any atom is -0.352 e. The van der Waals surface area contributed by atoms with Crippen LogP contribution in [0.5, 0.6) is 0 Å². The number of imidazole rings is 1. The van der Waals surface area contributed by atoms with E-state index in [1.807, 2.05) is 19.9 Å². The lowest BCUT2D eigenvalue weighted by Crippen LogP contribution is -2.34. The van der Waals surface area contributed by atoms with Gasteiger partial charge in [-0.2, -0.15) is 0 Å². The first-order chi connectivity index (χ1) is 14.4. The number of aromatic amines is 1. The Morgan fingerprint density at radius 1 is 1.23 bits per heavy atom. The molecule has 0 atom stereocenters. The quantitative estimate of drug-likeness (QED) is 0.437. The largest absolute Gasteiger partial charge is 0.352 e. The molecule has 0 unspecified atom stereocenters. The van der Waals surface area contributed by atoms with Gasteiger partial charge in [0.15, 0.2) is 0 Å². The number of carbonyl (C=O) groups is 1. The van der Waals surface area contributed by atoms with E-state index in [-0.39, 0.29) is 17.9 Å². The van der Waals surface area contributed by atoms with Crippen LogP contribution in [0.1, 0.15) is 33.8 Å². The number of rotatable bonds is 8. The van der Waals surface area contributed by atoms with E-state index < -0.39 is 0 Å². The van der Waals surface area contributed by atoms with Crippen molar-refractivity contribution in [1.29, 1.82) is 0 Å². The second kappa shape index (κ2) is 9.60. The normalized spacial score (nSPS) is 10.8. The molecular formula is C21H25ClN6O2. The van der Waals surface area contributed by atoms with Crippen molar-refractivity contribution < 1.29 is 4.79 Å². The van der Waals surface area contributed by atoms with Crippen LogP contribution in [0.2, 0.25) is 5.02 Å². The third-order valence-electron chi connectivity index (χ3n) is 4.82. The number of nitrogens with two attached hydrogens (primary N) is 1. The van der Waals surface area contributed by atoms with E-state index >= 15 is 0 Å². The van der Waals surface area contributed by atoms with Crippen LogP contribution in [-0.4, -0.2) is 20.6 Å². The van der Waals surface area contributed by atoms with Gasteiger partial charge in [0.05, 0.1) is 24.9 Å². The van der Waals surface area contributed by atoms with Gasteiger partial charge < -0.3 is 21.5 Å². The van der Waals surface area contributed by atoms with Crippen LogP contribution < -0.4 is 22.0 Å². The van der Waals surface area contributed by atoms with Crippen molar-refractivity contribution >= 4 is 17.5 Å². The van der Waals surface area contributed by atoms with Gasteiger partial charge >= 0.3 is 0 Å². The molecule has 1 aromatic carbocycles. The average molecular weight is 429 g/mol. The zero-order chi connectivity index (χ0) is 21.7. The number of amides is 1. The van der Waals surface area contributed by atoms with Crippen molar-refractivity contribution in [1.82, 2.24) is 20.0 Å². The highest BCUT2D eigenvalue weighted by atomic mass is 35.5. The van der Waals surface area contributed by atoms with Crippen molar-refractivity contribution in [2.24, 2.45) is 5.73 Å². The minimum atomic E-state index is -0.258. The molecule has 158 valence electrons. The maximum absolute atomic E-state index is 12.8. The number of nitrogens with one attached hydrogen (secondary N) is 3. The van der Waals surface area contributed by atoms with Crippen molar-refractivity contribution in [3.63, 3.8) is 0 Å². The van der Waals surface area contributed by atoms with E-state index in [9.17, 15) is 9.59 Å². The molecule has 0 aliphatic rings. The van der Waals surface area contributed by atoms with Crippen molar-refractivity contribution in [3.05, 3.63) is 85.8 Å². The van der Waals surface area contributed by atoms with E-state index in [1.54, 1.807) is 30.6 Å². The molecule has 30 heavy (non-hydrogen) atoms. The molecule has 3 aromatic rings. The maximum atomic E-state index is 12.8. The minimum absolute atomic E-state index is 0.0190. The smallest absolute Gasteiger partial charge is 0.272 e. The molecule has 1 amide bonds. The lowest BCUT2D eigenvalue weighted by atomic mass is 10.1. The molecule has 2 aromatic heterocycles. The fraction of sp³-hybridized carbons (Fsp3) is 0.286. The monoisotopic (exact) mass is 428 g/mol. The Labute approximate surface area is 179 Å². The van der Waals surface area contributed by atoms with E-state index in [4.69, 9.17) is 17.3 Å².